The second kappa shape index (κ2) is 8.44. The third kappa shape index (κ3) is 12.6. The lowest BCUT2D eigenvalue weighted by molar-refractivity contribution is -0.192. The lowest BCUT2D eigenvalue weighted by Gasteiger charge is -2.00. The Balaban J connectivity index is 0. The number of sulfonamides is 1. The van der Waals surface area contributed by atoms with Crippen LogP contribution in [0.5, 0.6) is 0 Å². The van der Waals surface area contributed by atoms with E-state index in [0.717, 1.165) is 5.41 Å². The Morgan fingerprint density at radius 2 is 1.79 bits per heavy atom. The summed E-state index contributed by atoms with van der Waals surface area (Å²) >= 11 is 0. The number of rotatable bonds is 5. The molecule has 0 atom stereocenters. The number of carbonyl (C=O) groups excluding carboxylic acids is 1. The van der Waals surface area contributed by atoms with E-state index in [2.05, 4.69) is 11.3 Å². The van der Waals surface area contributed by atoms with Gasteiger partial charge in [0, 0.05) is 18.4 Å². The summed E-state index contributed by atoms with van der Waals surface area (Å²) in [6.07, 6.45) is -5.08. The van der Waals surface area contributed by atoms with Gasteiger partial charge in [0.05, 0.1) is 0 Å². The standard InChI is InChI=1S/C5H11N3O3S.C2HF3O2/c1-2-12(10,11)7-4-3-5(9)8-6;3-2(4,5)1(6)7/h2,7H,1,3-4,6H2,(H,8,9);(H,6,7). The predicted molar refractivity (Wildman–Crippen MR) is 57.8 cm³/mol. The van der Waals surface area contributed by atoms with E-state index in [1.807, 2.05) is 5.43 Å². The number of amides is 1. The highest BCUT2D eigenvalue weighted by atomic mass is 32.2. The van der Waals surface area contributed by atoms with Crippen LogP contribution in [0.2, 0.25) is 0 Å². The Labute approximate surface area is 106 Å². The number of alkyl halides is 3. The third-order valence-corrected chi connectivity index (χ3v) is 2.32. The SMILES string of the molecule is C=CS(=O)(=O)NCCC(=O)NN.O=C(O)C(F)(F)F. The number of nitrogens with two attached hydrogens (primary N) is 1. The van der Waals surface area contributed by atoms with Crippen LogP contribution in [-0.4, -0.2) is 38.1 Å². The molecular weight excluding hydrogens is 295 g/mol. The molecule has 0 spiro atoms. The quantitative estimate of drug-likeness (QED) is 0.294. The van der Waals surface area contributed by atoms with Crippen molar-refractivity contribution in [2.75, 3.05) is 6.54 Å². The van der Waals surface area contributed by atoms with Crippen LogP contribution >= 0.6 is 0 Å². The fourth-order valence-corrected chi connectivity index (χ4v) is 0.942. The number of aliphatic carboxylic acids is 1. The van der Waals surface area contributed by atoms with Gasteiger partial charge < -0.3 is 5.11 Å². The van der Waals surface area contributed by atoms with E-state index in [9.17, 15) is 26.4 Å². The Hall–Kier alpha value is -1.66. The van der Waals surface area contributed by atoms with Crippen LogP contribution < -0.4 is 16.0 Å². The van der Waals surface area contributed by atoms with Crippen molar-refractivity contribution in [3.05, 3.63) is 12.0 Å². The molecule has 0 rings (SSSR count). The second-order valence-electron chi connectivity index (χ2n) is 2.73. The summed E-state index contributed by atoms with van der Waals surface area (Å²) in [5, 5.41) is 7.90. The van der Waals surface area contributed by atoms with Crippen molar-refractivity contribution in [2.24, 2.45) is 5.84 Å². The molecule has 0 aliphatic rings. The number of carboxylic acid groups (broad SMARTS) is 1. The van der Waals surface area contributed by atoms with Gasteiger partial charge in [-0.05, 0) is 0 Å². The Bertz CT molecular complexity index is 420. The molecule has 0 radical (unpaired) electrons. The van der Waals surface area contributed by atoms with Gasteiger partial charge >= 0.3 is 12.1 Å². The minimum atomic E-state index is -5.08. The van der Waals surface area contributed by atoms with Crippen LogP contribution in [0.3, 0.4) is 0 Å². The van der Waals surface area contributed by atoms with Gasteiger partial charge in [-0.25, -0.2) is 23.8 Å². The zero-order valence-corrected chi connectivity index (χ0v) is 10.2. The van der Waals surface area contributed by atoms with E-state index in [4.69, 9.17) is 15.7 Å². The van der Waals surface area contributed by atoms with Gasteiger partial charge in [-0.15, -0.1) is 0 Å². The van der Waals surface area contributed by atoms with Gasteiger partial charge in [-0.3, -0.25) is 10.2 Å². The molecule has 0 heterocycles. The average Bonchev–Trinajstić information content (AvgIpc) is 2.28. The van der Waals surface area contributed by atoms with Gasteiger partial charge in [0.15, 0.2) is 0 Å². The lowest BCUT2D eigenvalue weighted by atomic mass is 10.4. The van der Waals surface area contributed by atoms with Crippen molar-refractivity contribution >= 4 is 21.9 Å². The van der Waals surface area contributed by atoms with Crippen molar-refractivity contribution in [2.45, 2.75) is 12.6 Å². The Morgan fingerprint density at radius 3 is 2.05 bits per heavy atom. The van der Waals surface area contributed by atoms with E-state index >= 15 is 0 Å². The zero-order chi connectivity index (χ0) is 15.7. The van der Waals surface area contributed by atoms with E-state index in [1.54, 1.807) is 0 Å². The van der Waals surface area contributed by atoms with Crippen LogP contribution in [0.25, 0.3) is 0 Å². The topological polar surface area (TPSA) is 139 Å². The van der Waals surface area contributed by atoms with Crippen molar-refractivity contribution < 1.29 is 36.3 Å². The second-order valence-corrected chi connectivity index (χ2v) is 4.44. The smallest absolute Gasteiger partial charge is 0.475 e. The van der Waals surface area contributed by atoms with E-state index in [1.165, 1.54) is 0 Å². The van der Waals surface area contributed by atoms with Gasteiger partial charge in [0.25, 0.3) is 0 Å². The number of halogens is 3. The first-order valence-electron chi connectivity index (χ1n) is 4.38. The molecular formula is C7H12F3N3O5S. The molecule has 0 aromatic rings. The molecule has 8 nitrogen and oxygen atoms in total. The largest absolute Gasteiger partial charge is 0.490 e. The molecule has 0 aromatic carbocycles. The summed E-state index contributed by atoms with van der Waals surface area (Å²) in [7, 11) is -3.43. The highest BCUT2D eigenvalue weighted by molar-refractivity contribution is 7.92. The van der Waals surface area contributed by atoms with Gasteiger partial charge in [0.2, 0.25) is 15.9 Å². The highest BCUT2D eigenvalue weighted by Crippen LogP contribution is 2.13. The normalized spacial score (nSPS) is 10.9. The van der Waals surface area contributed by atoms with Crippen LogP contribution in [-0.2, 0) is 19.6 Å². The molecule has 1 amide bonds. The summed E-state index contributed by atoms with van der Waals surface area (Å²) in [5.41, 5.74) is 1.87. The van der Waals surface area contributed by atoms with Crippen molar-refractivity contribution in [3.8, 4) is 0 Å². The number of hydrogen-bond acceptors (Lipinski definition) is 5. The fraction of sp³-hybridized carbons (Fsp3) is 0.429. The molecule has 0 saturated heterocycles. The van der Waals surface area contributed by atoms with E-state index in [0.29, 0.717) is 0 Å². The molecule has 19 heavy (non-hydrogen) atoms. The summed E-state index contributed by atoms with van der Waals surface area (Å²) in [6.45, 7) is 3.09. The Kier molecular flexibility index (Phi) is 8.74. The summed E-state index contributed by atoms with van der Waals surface area (Å²) in [4.78, 5) is 19.4. The molecule has 0 fully saturated rings. The van der Waals surface area contributed by atoms with Crippen LogP contribution in [0.15, 0.2) is 12.0 Å². The summed E-state index contributed by atoms with van der Waals surface area (Å²) < 4.78 is 55.2. The molecule has 0 aliphatic heterocycles. The zero-order valence-electron chi connectivity index (χ0n) is 9.40. The van der Waals surface area contributed by atoms with Crippen LogP contribution in [0.4, 0.5) is 13.2 Å². The number of carbonyl (C=O) groups is 2. The minimum absolute atomic E-state index is 0.00354. The maximum Gasteiger partial charge on any atom is 0.490 e. The number of carboxylic acids is 1. The molecule has 5 N–H and O–H groups in total. The summed E-state index contributed by atoms with van der Waals surface area (Å²) in [6, 6.07) is 0. The van der Waals surface area contributed by atoms with Crippen molar-refractivity contribution in [1.82, 2.24) is 10.1 Å². The predicted octanol–water partition coefficient (Wildman–Crippen LogP) is -0.937. The first kappa shape index (κ1) is 19.7. The van der Waals surface area contributed by atoms with Crippen molar-refractivity contribution in [3.63, 3.8) is 0 Å². The number of nitrogens with one attached hydrogen (secondary N) is 2. The maximum atomic E-state index is 10.7. The molecule has 0 saturated carbocycles. The third-order valence-electron chi connectivity index (χ3n) is 1.28. The first-order chi connectivity index (χ1) is 8.46. The van der Waals surface area contributed by atoms with E-state index in [-0.39, 0.29) is 13.0 Å². The molecule has 0 unspecified atom stereocenters. The Morgan fingerprint density at radius 1 is 1.37 bits per heavy atom. The molecule has 112 valence electrons. The fourth-order valence-electron chi connectivity index (χ4n) is 0.438. The molecule has 12 heteroatoms. The average molecular weight is 307 g/mol. The highest BCUT2D eigenvalue weighted by Gasteiger charge is 2.38. The lowest BCUT2D eigenvalue weighted by Crippen LogP contribution is -2.33. The maximum absolute atomic E-state index is 10.7. The van der Waals surface area contributed by atoms with Gasteiger partial charge in [-0.2, -0.15) is 13.2 Å². The minimum Gasteiger partial charge on any atom is -0.475 e. The first-order valence-corrected chi connectivity index (χ1v) is 5.92. The summed E-state index contributed by atoms with van der Waals surface area (Å²) in [5.74, 6) is 1.57. The number of hydrogen-bond donors (Lipinski definition) is 4. The number of hydrazine groups is 1. The van der Waals surface area contributed by atoms with Crippen LogP contribution in [0, 0.1) is 0 Å². The van der Waals surface area contributed by atoms with Crippen LogP contribution in [0.1, 0.15) is 6.42 Å². The van der Waals surface area contributed by atoms with Gasteiger partial charge in [-0.1, -0.05) is 6.58 Å². The monoisotopic (exact) mass is 307 g/mol. The molecule has 0 aromatic heterocycles. The van der Waals surface area contributed by atoms with E-state index < -0.39 is 28.1 Å². The molecule has 0 aliphatic carbocycles. The van der Waals surface area contributed by atoms with Gasteiger partial charge in [0.1, 0.15) is 0 Å². The molecule has 0 bridgehead atoms. The van der Waals surface area contributed by atoms with Crippen molar-refractivity contribution in [1.29, 1.82) is 0 Å².